The van der Waals surface area contributed by atoms with Crippen LogP contribution in [-0.2, 0) is 11.8 Å². The highest BCUT2D eigenvalue weighted by Gasteiger charge is 2.62. The predicted octanol–water partition coefficient (Wildman–Crippen LogP) is -4.24. The molecule has 0 unspecified atom stereocenters. The van der Waals surface area contributed by atoms with Crippen LogP contribution in [0.2, 0.25) is 0 Å². The molecule has 1 aliphatic rings. The first-order valence-electron chi connectivity index (χ1n) is 15.2. The van der Waals surface area contributed by atoms with Gasteiger partial charge in [-0.2, -0.15) is 0 Å². The number of aromatic nitrogens is 3. The van der Waals surface area contributed by atoms with Gasteiger partial charge in [-0.1, -0.05) is 30.3 Å². The second-order valence-corrected chi connectivity index (χ2v) is 13.9. The van der Waals surface area contributed by atoms with Gasteiger partial charge >= 0.3 is 0 Å². The molecule has 0 aliphatic carbocycles. The van der Waals surface area contributed by atoms with Gasteiger partial charge in [0, 0.05) is 29.7 Å². The zero-order valence-electron chi connectivity index (χ0n) is 27.9. The van der Waals surface area contributed by atoms with E-state index >= 15 is 0 Å². The molecule has 5 rings (SSSR count). The van der Waals surface area contributed by atoms with Crippen molar-refractivity contribution < 1.29 is 14.0 Å². The van der Waals surface area contributed by atoms with E-state index in [1.165, 1.54) is 12.4 Å². The summed E-state index contributed by atoms with van der Waals surface area (Å²) in [6.45, 7) is 1.91. The average Bonchev–Trinajstić information content (AvgIpc) is 3.27. The first kappa shape index (κ1) is 32.4. The monoisotopic (exact) mass is 594 g/mol. The normalized spacial score (nSPS) is 17.8. The van der Waals surface area contributed by atoms with E-state index in [2.05, 4.69) is 87.9 Å². The molecule has 3 heterocycles. The zero-order chi connectivity index (χ0) is 33.1. The van der Waals surface area contributed by atoms with Gasteiger partial charge in [0.15, 0.2) is 5.82 Å². The van der Waals surface area contributed by atoms with Crippen LogP contribution in [0.1, 0.15) is 16.2 Å². The number of ketones is 1. The Bertz CT molecular complexity index is 1740. The van der Waals surface area contributed by atoms with Gasteiger partial charge in [-0.25, -0.2) is 14.4 Å². The highest BCUT2D eigenvalue weighted by Crippen LogP contribution is 2.46. The molecule has 0 radical (unpaired) electrons. The molecule has 0 atom stereocenters. The van der Waals surface area contributed by atoms with Crippen LogP contribution in [0.15, 0.2) is 73.1 Å². The molecule has 0 bridgehead atoms. The van der Waals surface area contributed by atoms with E-state index in [0.717, 1.165) is 22.5 Å². The highest BCUT2D eigenvalue weighted by molar-refractivity contribution is 6.64. The summed E-state index contributed by atoms with van der Waals surface area (Å²) in [5.74, 6) is -1.30. The second kappa shape index (κ2) is 11.1. The van der Waals surface area contributed by atoms with E-state index in [0.29, 0.717) is 17.3 Å². The van der Waals surface area contributed by atoms with Crippen molar-refractivity contribution in [3.8, 4) is 11.1 Å². The third kappa shape index (κ3) is 5.14. The van der Waals surface area contributed by atoms with E-state index in [1.54, 1.807) is 11.6 Å². The highest BCUT2D eigenvalue weighted by atomic mass is 19.1. The molecule has 45 heavy (non-hydrogen) atoms. The summed E-state index contributed by atoms with van der Waals surface area (Å²) in [5.41, 5.74) is 4.33. The fourth-order valence-electron chi connectivity index (χ4n) is 6.89. The minimum absolute atomic E-state index is 0.351. The number of carbonyl (C=O) groups excluding carboxylic acids is 2. The Labute approximate surface area is 271 Å². The quantitative estimate of drug-likeness (QED) is 0.139. The van der Waals surface area contributed by atoms with Crippen molar-refractivity contribution in [1.82, 2.24) is 14.5 Å². The molecular formula is C28H35B8FN6O2. The molecule has 1 amide bonds. The Morgan fingerprint density at radius 2 is 1.29 bits per heavy atom. The lowest BCUT2D eigenvalue weighted by Crippen LogP contribution is -2.93. The van der Waals surface area contributed by atoms with Crippen molar-refractivity contribution in [3.05, 3.63) is 90.3 Å². The van der Waals surface area contributed by atoms with Crippen molar-refractivity contribution in [3.63, 3.8) is 0 Å². The van der Waals surface area contributed by atoms with Gasteiger partial charge in [0.25, 0.3) is 11.7 Å². The molecule has 2 aromatic carbocycles. The lowest BCUT2D eigenvalue weighted by atomic mass is 9.26. The molecule has 1 aliphatic heterocycles. The summed E-state index contributed by atoms with van der Waals surface area (Å²) in [7, 11) is 19.1. The minimum atomic E-state index is -0.697. The Balaban J connectivity index is 1.44. The predicted molar refractivity (Wildman–Crippen MR) is 201 cm³/mol. The SMILES string of the molecule is BC1(B)N(c2ccc(NC(=O)C(=O)c3c(-c4ccccc4)cc(C)n3C)cc2)C(B)(B)C(B)(B)N(c2ncc(F)cn2)C1(B)B. The summed E-state index contributed by atoms with van der Waals surface area (Å²) in [4.78, 5) is 40.1. The topological polar surface area (TPSA) is 83.4 Å². The van der Waals surface area contributed by atoms with E-state index in [4.69, 9.17) is 0 Å². The molecule has 8 nitrogen and oxygen atoms in total. The smallest absolute Gasteiger partial charge is 0.298 e. The number of carbonyl (C=O) groups is 2. The van der Waals surface area contributed by atoms with Crippen molar-refractivity contribution in [2.45, 2.75) is 28.3 Å². The summed E-state index contributed by atoms with van der Waals surface area (Å²) < 4.78 is 15.5. The van der Waals surface area contributed by atoms with Gasteiger partial charge in [-0.15, -0.1) is 0 Å². The summed E-state index contributed by atoms with van der Waals surface area (Å²) in [6.07, 6.45) is 2.42. The van der Waals surface area contributed by atoms with Gasteiger partial charge in [0.05, 0.1) is 12.4 Å². The first-order chi connectivity index (χ1) is 20.9. The van der Waals surface area contributed by atoms with Crippen LogP contribution >= 0.6 is 0 Å². The molecule has 1 N–H and O–H groups in total. The molecule has 1 fully saturated rings. The number of nitrogens with one attached hydrogen (secondary N) is 1. The number of aryl methyl sites for hydroxylation is 1. The molecule has 0 spiro atoms. The van der Waals surface area contributed by atoms with E-state index < -0.39 is 38.9 Å². The number of anilines is 3. The van der Waals surface area contributed by atoms with Crippen LogP contribution in [-0.4, -0.2) is 110 Å². The van der Waals surface area contributed by atoms with Crippen LogP contribution in [0.25, 0.3) is 11.1 Å². The largest absolute Gasteiger partial charge is 0.390 e. The number of piperazine rings is 1. The van der Waals surface area contributed by atoms with Gasteiger partial charge in [0.1, 0.15) is 68.5 Å². The number of hydrogen-bond donors (Lipinski definition) is 1. The van der Waals surface area contributed by atoms with Crippen LogP contribution in [0, 0.1) is 12.7 Å². The van der Waals surface area contributed by atoms with Gasteiger partial charge < -0.3 is 19.7 Å². The number of Topliss-reactive ketones (excluding diaryl/α,β-unsaturated/α-hetero) is 1. The lowest BCUT2D eigenvalue weighted by Gasteiger charge is -2.74. The molecule has 17 heteroatoms. The third-order valence-corrected chi connectivity index (χ3v) is 10.4. The summed E-state index contributed by atoms with van der Waals surface area (Å²) in [6, 6.07) is 19.1. The number of halogens is 1. The summed E-state index contributed by atoms with van der Waals surface area (Å²) in [5, 5.41) is 0.864. The van der Waals surface area contributed by atoms with Gasteiger partial charge in [-0.05, 0) is 64.2 Å². The number of benzene rings is 2. The summed E-state index contributed by atoms with van der Waals surface area (Å²) >= 11 is 0. The van der Waals surface area contributed by atoms with Gasteiger partial charge in [-0.3, -0.25) is 9.59 Å². The van der Waals surface area contributed by atoms with E-state index in [-0.39, 0.29) is 0 Å². The van der Waals surface area contributed by atoms with Crippen molar-refractivity contribution in [2.75, 3.05) is 15.1 Å². The van der Waals surface area contributed by atoms with Crippen molar-refractivity contribution >= 4 is 91.8 Å². The molecule has 2 aromatic heterocycles. The fourth-order valence-corrected chi connectivity index (χ4v) is 6.89. The van der Waals surface area contributed by atoms with Gasteiger partial charge in [0.2, 0.25) is 5.95 Å². The van der Waals surface area contributed by atoms with E-state index in [1.807, 2.05) is 67.6 Å². The molecule has 0 saturated carbocycles. The Morgan fingerprint density at radius 3 is 1.82 bits per heavy atom. The number of hydrogen-bond acceptors (Lipinski definition) is 6. The Morgan fingerprint density at radius 1 is 0.778 bits per heavy atom. The number of rotatable bonds is 6. The molecular weight excluding hydrogens is 558 g/mol. The first-order valence-corrected chi connectivity index (χ1v) is 15.2. The third-order valence-electron chi connectivity index (χ3n) is 10.4. The van der Waals surface area contributed by atoms with Crippen molar-refractivity contribution in [2.24, 2.45) is 7.05 Å². The van der Waals surface area contributed by atoms with Crippen LogP contribution in [0.4, 0.5) is 21.7 Å². The lowest BCUT2D eigenvalue weighted by molar-refractivity contribution is -0.112. The molecule has 220 valence electrons. The molecule has 4 aromatic rings. The molecule has 1 saturated heterocycles. The number of amides is 1. The standard InChI is InChI=1S/C28H35B8FN6O2/c1-15-12-20(16-6-4-3-5-7-16)21(41(15)2)22(44)23(45)40-18-8-10-19(11-9-18)42-25(29,30)27(33,34)43(28(35,36)26(42,31)32)24-38-13-17(37)14-39-24/h3-14H,29-36H2,1-2H3,(H,40,45). The van der Waals surface area contributed by atoms with Crippen LogP contribution < -0.4 is 15.1 Å². The minimum Gasteiger partial charge on any atom is -0.390 e. The maximum absolute atomic E-state index is 13.8. The van der Waals surface area contributed by atoms with Crippen LogP contribution in [0.3, 0.4) is 0 Å². The zero-order valence-corrected chi connectivity index (χ0v) is 27.9. The maximum atomic E-state index is 13.8. The van der Waals surface area contributed by atoms with Crippen LogP contribution in [0.5, 0.6) is 0 Å². The maximum Gasteiger partial charge on any atom is 0.298 e. The second-order valence-electron chi connectivity index (χ2n) is 13.9. The number of nitrogens with zero attached hydrogens (tertiary/aromatic N) is 5. The Hall–Kier alpha value is -4.01. The fraction of sp³-hybridized carbons (Fsp3) is 0.214. The van der Waals surface area contributed by atoms with Crippen molar-refractivity contribution in [1.29, 1.82) is 0 Å². The van der Waals surface area contributed by atoms with E-state index in [9.17, 15) is 14.0 Å². The average molecular weight is 593 g/mol. The Kier molecular flexibility index (Phi) is 7.99.